The van der Waals surface area contributed by atoms with Gasteiger partial charge in [0, 0.05) is 18.2 Å². The van der Waals surface area contributed by atoms with Crippen LogP contribution < -0.4 is 5.32 Å². The highest BCUT2D eigenvalue weighted by molar-refractivity contribution is 5.78. The summed E-state index contributed by atoms with van der Waals surface area (Å²) in [6.45, 7) is 6.10. The fourth-order valence-corrected chi connectivity index (χ4v) is 2.24. The Kier molecular flexibility index (Phi) is 7.24. The lowest BCUT2D eigenvalue weighted by Gasteiger charge is -2.15. The minimum absolute atomic E-state index is 0.213. The molecule has 0 radical (unpaired) electrons. The first kappa shape index (κ1) is 15.7. The van der Waals surface area contributed by atoms with Gasteiger partial charge in [-0.2, -0.15) is 0 Å². The summed E-state index contributed by atoms with van der Waals surface area (Å²) in [4.78, 5) is 11.0. The fraction of sp³-hybridized carbons (Fsp3) is 0.588. The molecule has 0 spiro atoms. The molecule has 2 heteroatoms. The highest BCUT2D eigenvalue weighted by atomic mass is 16.1. The summed E-state index contributed by atoms with van der Waals surface area (Å²) in [5.41, 5.74) is 2.24. The molecular formula is C17H27NO. The van der Waals surface area contributed by atoms with Crippen molar-refractivity contribution in [1.82, 2.24) is 0 Å². The van der Waals surface area contributed by atoms with E-state index in [-0.39, 0.29) is 5.78 Å². The Morgan fingerprint density at radius 3 is 2.42 bits per heavy atom. The molecule has 0 saturated heterocycles. The van der Waals surface area contributed by atoms with Crippen molar-refractivity contribution in [1.29, 1.82) is 0 Å². The Labute approximate surface area is 117 Å². The maximum Gasteiger partial charge on any atom is 0.134 e. The van der Waals surface area contributed by atoms with Gasteiger partial charge in [0.2, 0.25) is 0 Å². The van der Waals surface area contributed by atoms with Crippen molar-refractivity contribution in [3.8, 4) is 0 Å². The lowest BCUT2D eigenvalue weighted by molar-refractivity contribution is -0.116. The number of nitrogens with one attached hydrogen (secondary N) is 1. The topological polar surface area (TPSA) is 29.1 Å². The van der Waals surface area contributed by atoms with E-state index in [2.05, 4.69) is 31.3 Å². The van der Waals surface area contributed by atoms with E-state index in [9.17, 15) is 4.79 Å². The third-order valence-electron chi connectivity index (χ3n) is 3.31. The van der Waals surface area contributed by atoms with Crippen molar-refractivity contribution < 1.29 is 4.79 Å². The van der Waals surface area contributed by atoms with Gasteiger partial charge < -0.3 is 5.32 Å². The lowest BCUT2D eigenvalue weighted by atomic mass is 10.1. The predicted octanol–water partition coefficient (Wildman–Crippen LogP) is 4.59. The van der Waals surface area contributed by atoms with Gasteiger partial charge in [-0.15, -0.1) is 0 Å². The normalized spacial score (nSPS) is 12.2. The molecular weight excluding hydrogens is 234 g/mol. The molecule has 0 aromatic heterocycles. The van der Waals surface area contributed by atoms with Gasteiger partial charge in [0.15, 0.2) is 0 Å². The van der Waals surface area contributed by atoms with E-state index in [0.717, 1.165) is 11.3 Å². The van der Waals surface area contributed by atoms with Crippen LogP contribution in [0.3, 0.4) is 0 Å². The molecule has 106 valence electrons. The zero-order chi connectivity index (χ0) is 14.1. The molecule has 1 atom stereocenters. The van der Waals surface area contributed by atoms with Crippen molar-refractivity contribution >= 4 is 11.5 Å². The molecule has 1 N–H and O–H groups in total. The van der Waals surface area contributed by atoms with E-state index in [0.29, 0.717) is 12.5 Å². The van der Waals surface area contributed by atoms with Crippen LogP contribution in [0.25, 0.3) is 0 Å². The molecule has 0 bridgehead atoms. The van der Waals surface area contributed by atoms with Crippen LogP contribution in [0.1, 0.15) is 58.4 Å². The van der Waals surface area contributed by atoms with Crippen molar-refractivity contribution in [2.24, 2.45) is 0 Å². The van der Waals surface area contributed by atoms with Gasteiger partial charge in [0.1, 0.15) is 5.78 Å². The number of ketones is 1. The Hall–Kier alpha value is -1.31. The number of benzene rings is 1. The van der Waals surface area contributed by atoms with Crippen LogP contribution in [0.2, 0.25) is 0 Å². The van der Waals surface area contributed by atoms with Gasteiger partial charge in [-0.25, -0.2) is 0 Å². The highest BCUT2D eigenvalue weighted by Gasteiger charge is 2.02. The summed E-state index contributed by atoms with van der Waals surface area (Å²) in [5.74, 6) is 0.213. The number of unbranched alkanes of at least 4 members (excludes halogenated alkanes) is 3. The van der Waals surface area contributed by atoms with Crippen LogP contribution >= 0.6 is 0 Å². The molecule has 0 fully saturated rings. The summed E-state index contributed by atoms with van der Waals surface area (Å²) in [6.07, 6.45) is 7.01. The Morgan fingerprint density at radius 2 is 1.84 bits per heavy atom. The molecule has 0 heterocycles. The van der Waals surface area contributed by atoms with Crippen molar-refractivity contribution in [2.75, 3.05) is 5.32 Å². The molecule has 19 heavy (non-hydrogen) atoms. The quantitative estimate of drug-likeness (QED) is 0.659. The zero-order valence-corrected chi connectivity index (χ0v) is 12.5. The van der Waals surface area contributed by atoms with E-state index >= 15 is 0 Å². The number of hydrogen-bond donors (Lipinski definition) is 1. The average molecular weight is 261 g/mol. The van der Waals surface area contributed by atoms with Crippen LogP contribution in [-0.2, 0) is 11.2 Å². The van der Waals surface area contributed by atoms with E-state index < -0.39 is 0 Å². The summed E-state index contributed by atoms with van der Waals surface area (Å²) in [5, 5.41) is 3.51. The maximum absolute atomic E-state index is 11.0. The lowest BCUT2D eigenvalue weighted by Crippen LogP contribution is -2.14. The summed E-state index contributed by atoms with van der Waals surface area (Å²) >= 11 is 0. The Morgan fingerprint density at radius 1 is 1.16 bits per heavy atom. The molecule has 0 saturated carbocycles. The third kappa shape index (κ3) is 7.00. The summed E-state index contributed by atoms with van der Waals surface area (Å²) < 4.78 is 0. The second kappa shape index (κ2) is 8.73. The fourth-order valence-electron chi connectivity index (χ4n) is 2.24. The van der Waals surface area contributed by atoms with Crippen LogP contribution in [-0.4, -0.2) is 11.8 Å². The second-order valence-corrected chi connectivity index (χ2v) is 5.47. The van der Waals surface area contributed by atoms with Gasteiger partial charge in [0.05, 0.1) is 0 Å². The van der Waals surface area contributed by atoms with E-state index in [1.807, 2.05) is 12.1 Å². The van der Waals surface area contributed by atoms with Gasteiger partial charge in [-0.05, 0) is 38.0 Å². The molecule has 2 nitrogen and oxygen atoms in total. The first-order valence-corrected chi connectivity index (χ1v) is 7.46. The minimum Gasteiger partial charge on any atom is -0.383 e. The zero-order valence-electron chi connectivity index (χ0n) is 12.5. The molecule has 0 amide bonds. The van der Waals surface area contributed by atoms with Crippen LogP contribution in [0.4, 0.5) is 5.69 Å². The van der Waals surface area contributed by atoms with E-state index in [4.69, 9.17) is 0 Å². The van der Waals surface area contributed by atoms with Crippen LogP contribution in [0, 0.1) is 0 Å². The van der Waals surface area contributed by atoms with E-state index in [1.165, 1.54) is 32.1 Å². The van der Waals surface area contributed by atoms with Crippen LogP contribution in [0.15, 0.2) is 24.3 Å². The monoisotopic (exact) mass is 261 g/mol. The first-order valence-electron chi connectivity index (χ1n) is 7.46. The average Bonchev–Trinajstić information content (AvgIpc) is 2.36. The summed E-state index contributed by atoms with van der Waals surface area (Å²) in [6, 6.07) is 8.72. The molecule has 0 aliphatic rings. The maximum atomic E-state index is 11.0. The number of carbonyl (C=O) groups is 1. The van der Waals surface area contributed by atoms with Crippen LogP contribution in [0.5, 0.6) is 0 Å². The molecule has 1 aromatic rings. The van der Waals surface area contributed by atoms with E-state index in [1.54, 1.807) is 6.92 Å². The number of hydrogen-bond acceptors (Lipinski definition) is 2. The van der Waals surface area contributed by atoms with Crippen molar-refractivity contribution in [3.63, 3.8) is 0 Å². The number of Topliss-reactive ketones (excluding diaryl/α,β-unsaturated/α-hetero) is 1. The highest BCUT2D eigenvalue weighted by Crippen LogP contribution is 2.14. The number of anilines is 1. The van der Waals surface area contributed by atoms with Gasteiger partial charge in [0.25, 0.3) is 0 Å². The molecule has 0 aliphatic heterocycles. The number of rotatable bonds is 9. The SMILES string of the molecule is CCCCCCC(C)Nc1ccc(CC(C)=O)cc1. The largest absolute Gasteiger partial charge is 0.383 e. The predicted molar refractivity (Wildman–Crippen MR) is 82.7 cm³/mol. The Bertz CT molecular complexity index is 369. The molecule has 1 unspecified atom stereocenters. The molecule has 1 rings (SSSR count). The smallest absolute Gasteiger partial charge is 0.134 e. The third-order valence-corrected chi connectivity index (χ3v) is 3.31. The van der Waals surface area contributed by atoms with Crippen molar-refractivity contribution in [3.05, 3.63) is 29.8 Å². The number of carbonyl (C=O) groups excluding carboxylic acids is 1. The van der Waals surface area contributed by atoms with Gasteiger partial charge in [-0.1, -0.05) is 44.7 Å². The van der Waals surface area contributed by atoms with Gasteiger partial charge >= 0.3 is 0 Å². The minimum atomic E-state index is 0.213. The Balaban J connectivity index is 2.33. The first-order chi connectivity index (χ1) is 9.11. The standard InChI is InChI=1S/C17H27NO/c1-4-5-6-7-8-14(2)18-17-11-9-16(10-12-17)13-15(3)19/h9-12,14,18H,4-8,13H2,1-3H3. The molecule has 0 aliphatic carbocycles. The van der Waals surface area contributed by atoms with Gasteiger partial charge in [-0.3, -0.25) is 4.79 Å². The second-order valence-electron chi connectivity index (χ2n) is 5.47. The van der Waals surface area contributed by atoms with Crippen molar-refractivity contribution in [2.45, 2.75) is 65.3 Å². The summed E-state index contributed by atoms with van der Waals surface area (Å²) in [7, 11) is 0. The molecule has 1 aromatic carbocycles.